The topological polar surface area (TPSA) is 118 Å². The molecule has 48 heavy (non-hydrogen) atoms. The normalized spacial score (nSPS) is 12.1. The molecule has 0 saturated heterocycles. The molecule has 272 valence electrons. The van der Waals surface area contributed by atoms with Crippen LogP contribution in [0.1, 0.15) is 119 Å². The molecule has 0 bridgehead atoms. The van der Waals surface area contributed by atoms with E-state index >= 15 is 0 Å². The van der Waals surface area contributed by atoms with Gasteiger partial charge in [-0.05, 0) is 93.6 Å². The van der Waals surface area contributed by atoms with Crippen LogP contribution in [0.15, 0.2) is 33.2 Å². The van der Waals surface area contributed by atoms with Crippen molar-refractivity contribution in [3.05, 3.63) is 33.2 Å². The number of halogens is 2. The van der Waals surface area contributed by atoms with E-state index in [0.717, 1.165) is 60.3 Å². The van der Waals surface area contributed by atoms with Gasteiger partial charge in [-0.1, -0.05) is 92.9 Å². The lowest BCUT2D eigenvalue weighted by atomic mass is 9.79. The lowest BCUT2D eigenvalue weighted by Gasteiger charge is -2.20. The number of ether oxygens (including phenoxy) is 4. The summed E-state index contributed by atoms with van der Waals surface area (Å²) in [6, 6.07) is 6.82. The summed E-state index contributed by atoms with van der Waals surface area (Å²) in [5.41, 5.74) is 0.681. The third-order valence-electron chi connectivity index (χ3n) is 8.23. The van der Waals surface area contributed by atoms with Gasteiger partial charge in [0.25, 0.3) is 0 Å². The van der Waals surface area contributed by atoms with E-state index in [1.165, 1.54) is 25.7 Å². The minimum absolute atomic E-state index is 0.329. The fourth-order valence-corrected chi connectivity index (χ4v) is 5.71. The monoisotopic (exact) mass is 800 g/mol. The number of hydrogen-bond acceptors (Lipinski definition) is 8. The summed E-state index contributed by atoms with van der Waals surface area (Å²) in [5.74, 6) is 3.19. The molecular formula is C36H60B2Br2O8. The molecule has 0 radical (unpaired) electrons. The van der Waals surface area contributed by atoms with E-state index in [9.17, 15) is 20.1 Å². The first kappa shape index (κ1) is 44.6. The van der Waals surface area contributed by atoms with Gasteiger partial charge in [0.05, 0.1) is 35.4 Å². The second-order valence-electron chi connectivity index (χ2n) is 12.2. The maximum Gasteiger partial charge on any atom is 0.492 e. The van der Waals surface area contributed by atoms with E-state index in [0.29, 0.717) is 72.2 Å². The van der Waals surface area contributed by atoms with Crippen LogP contribution in [-0.4, -0.2) is 60.8 Å². The van der Waals surface area contributed by atoms with E-state index in [2.05, 4.69) is 73.4 Å². The standard InChI is InChI=1S/C22H38BBrO4.C14H22BBrO4/c1-5-9-11-17(7-3)15-27-21-14-20(24)22(13-19(21)23(25)26)28-16-18(8-4)12-10-6-2;1-3-5-7-19-13-10-12(16)14(20-8-6-4-2)9-11(13)15(17)18/h13-14,17-18,25-26H,5-12,15-16H2,1-4H3;9-10,17-18H,3-8H2,1-2H3. The van der Waals surface area contributed by atoms with Crippen LogP contribution in [0.25, 0.3) is 0 Å². The van der Waals surface area contributed by atoms with E-state index < -0.39 is 14.2 Å². The molecule has 0 saturated carbocycles. The summed E-state index contributed by atoms with van der Waals surface area (Å²) in [6.07, 6.45) is 13.1. The van der Waals surface area contributed by atoms with Crippen molar-refractivity contribution in [2.75, 3.05) is 26.4 Å². The zero-order chi connectivity index (χ0) is 35.9. The average Bonchev–Trinajstić information content (AvgIpc) is 3.06. The van der Waals surface area contributed by atoms with Gasteiger partial charge in [-0.25, -0.2) is 0 Å². The molecule has 2 aromatic carbocycles. The largest absolute Gasteiger partial charge is 0.494 e. The van der Waals surface area contributed by atoms with Crippen LogP contribution >= 0.6 is 31.9 Å². The Labute approximate surface area is 307 Å². The molecular weight excluding hydrogens is 742 g/mol. The van der Waals surface area contributed by atoms with Crippen molar-refractivity contribution in [3.63, 3.8) is 0 Å². The van der Waals surface area contributed by atoms with Gasteiger partial charge in [-0.15, -0.1) is 0 Å². The van der Waals surface area contributed by atoms with E-state index in [1.807, 2.05) is 0 Å². The van der Waals surface area contributed by atoms with Crippen molar-refractivity contribution in [1.29, 1.82) is 0 Å². The summed E-state index contributed by atoms with van der Waals surface area (Å²) >= 11 is 6.98. The van der Waals surface area contributed by atoms with Crippen molar-refractivity contribution in [1.82, 2.24) is 0 Å². The molecule has 0 aliphatic heterocycles. The fourth-order valence-electron chi connectivity index (χ4n) is 4.84. The average molecular weight is 802 g/mol. The molecule has 2 rings (SSSR count). The van der Waals surface area contributed by atoms with Crippen LogP contribution in [0.2, 0.25) is 0 Å². The highest BCUT2D eigenvalue weighted by Gasteiger charge is 2.23. The molecule has 8 nitrogen and oxygen atoms in total. The summed E-state index contributed by atoms with van der Waals surface area (Å²) in [5, 5.41) is 38.6. The van der Waals surface area contributed by atoms with E-state index in [-0.39, 0.29) is 0 Å². The zero-order valence-electron chi connectivity index (χ0n) is 30.1. The predicted molar refractivity (Wildman–Crippen MR) is 206 cm³/mol. The maximum atomic E-state index is 9.83. The molecule has 2 unspecified atom stereocenters. The fraction of sp³-hybridized carbons (Fsp3) is 0.667. The molecule has 2 aromatic rings. The molecule has 0 fully saturated rings. The quantitative estimate of drug-likeness (QED) is 0.0628. The molecule has 12 heteroatoms. The van der Waals surface area contributed by atoms with Crippen molar-refractivity contribution in [2.45, 2.75) is 119 Å². The number of unbranched alkanes of at least 4 members (excludes halogenated alkanes) is 4. The molecule has 0 spiro atoms. The lowest BCUT2D eigenvalue weighted by Crippen LogP contribution is -2.32. The first-order valence-corrected chi connectivity index (χ1v) is 19.5. The minimum atomic E-state index is -1.59. The van der Waals surface area contributed by atoms with Gasteiger partial charge in [0, 0.05) is 10.9 Å². The van der Waals surface area contributed by atoms with Gasteiger partial charge < -0.3 is 39.0 Å². The molecule has 0 amide bonds. The molecule has 0 aliphatic rings. The molecule has 0 heterocycles. The van der Waals surface area contributed by atoms with Crippen LogP contribution in [0, 0.1) is 11.8 Å². The van der Waals surface area contributed by atoms with Crippen molar-refractivity contribution >= 4 is 57.0 Å². The Morgan fingerprint density at radius 1 is 0.521 bits per heavy atom. The number of benzene rings is 2. The van der Waals surface area contributed by atoms with Crippen LogP contribution in [0.5, 0.6) is 23.0 Å². The Morgan fingerprint density at radius 3 is 1.25 bits per heavy atom. The molecule has 2 atom stereocenters. The van der Waals surface area contributed by atoms with Crippen LogP contribution in [0.3, 0.4) is 0 Å². The summed E-state index contributed by atoms with van der Waals surface area (Å²) in [7, 11) is -3.17. The van der Waals surface area contributed by atoms with Gasteiger partial charge in [0.15, 0.2) is 0 Å². The number of hydrogen-bond donors (Lipinski definition) is 4. The second kappa shape index (κ2) is 26.4. The van der Waals surface area contributed by atoms with Gasteiger partial charge in [0.1, 0.15) is 23.0 Å². The molecule has 4 N–H and O–H groups in total. The maximum absolute atomic E-state index is 9.83. The van der Waals surface area contributed by atoms with Crippen LogP contribution in [-0.2, 0) is 0 Å². The Kier molecular flexibility index (Phi) is 24.5. The highest BCUT2D eigenvalue weighted by molar-refractivity contribution is 9.11. The van der Waals surface area contributed by atoms with E-state index in [4.69, 9.17) is 18.9 Å². The second-order valence-corrected chi connectivity index (χ2v) is 14.0. The highest BCUT2D eigenvalue weighted by atomic mass is 79.9. The van der Waals surface area contributed by atoms with Crippen molar-refractivity contribution in [2.24, 2.45) is 11.8 Å². The zero-order valence-corrected chi connectivity index (χ0v) is 33.3. The van der Waals surface area contributed by atoms with Crippen LogP contribution in [0.4, 0.5) is 0 Å². The molecule has 0 aliphatic carbocycles. The Morgan fingerprint density at radius 2 is 0.875 bits per heavy atom. The molecule has 0 aromatic heterocycles. The van der Waals surface area contributed by atoms with Gasteiger partial charge in [0.2, 0.25) is 0 Å². The number of rotatable bonds is 24. The summed E-state index contributed by atoms with van der Waals surface area (Å²) < 4.78 is 24.7. The Bertz CT molecular complexity index is 1140. The Balaban J connectivity index is 0.000000507. The third kappa shape index (κ3) is 17.0. The van der Waals surface area contributed by atoms with Gasteiger partial charge in [-0.3, -0.25) is 0 Å². The third-order valence-corrected chi connectivity index (χ3v) is 9.47. The highest BCUT2D eigenvalue weighted by Crippen LogP contribution is 2.31. The summed E-state index contributed by atoms with van der Waals surface area (Å²) in [4.78, 5) is 0. The van der Waals surface area contributed by atoms with Gasteiger partial charge in [-0.2, -0.15) is 0 Å². The van der Waals surface area contributed by atoms with Crippen molar-refractivity contribution in [3.8, 4) is 23.0 Å². The van der Waals surface area contributed by atoms with Gasteiger partial charge >= 0.3 is 14.2 Å². The smallest absolute Gasteiger partial charge is 0.492 e. The van der Waals surface area contributed by atoms with E-state index in [1.54, 1.807) is 24.3 Å². The van der Waals surface area contributed by atoms with Crippen LogP contribution < -0.4 is 29.9 Å². The predicted octanol–water partition coefficient (Wildman–Crippen LogP) is 7.81. The first-order valence-electron chi connectivity index (χ1n) is 18.0. The summed E-state index contributed by atoms with van der Waals surface area (Å²) in [6.45, 7) is 15.3. The van der Waals surface area contributed by atoms with Crippen molar-refractivity contribution < 1.29 is 39.0 Å². The Hall–Kier alpha value is -1.43. The minimum Gasteiger partial charge on any atom is -0.494 e. The first-order chi connectivity index (χ1) is 23.1. The lowest BCUT2D eigenvalue weighted by molar-refractivity contribution is 0.227. The SMILES string of the molecule is CCCCC(CC)COc1cc(B(O)O)c(OCC(CC)CCCC)cc1Br.CCCCOc1cc(B(O)O)c(OCCCC)cc1Br.